The summed E-state index contributed by atoms with van der Waals surface area (Å²) in [6, 6.07) is 12.8. The fourth-order valence-corrected chi connectivity index (χ4v) is 5.82. The number of carbonyl (C=O) groups is 3. The van der Waals surface area contributed by atoms with Crippen LogP contribution in [0.1, 0.15) is 53.6 Å². The van der Waals surface area contributed by atoms with Gasteiger partial charge in [0.25, 0.3) is 5.91 Å². The third kappa shape index (κ3) is 4.93. The summed E-state index contributed by atoms with van der Waals surface area (Å²) < 4.78 is 10.9. The second-order valence-electron chi connectivity index (χ2n) is 9.58. The number of nitrogens with one attached hydrogen (secondary N) is 1. The van der Waals surface area contributed by atoms with Crippen LogP contribution in [0.2, 0.25) is 5.02 Å². The van der Waals surface area contributed by atoms with Crippen molar-refractivity contribution in [3.8, 4) is 0 Å². The van der Waals surface area contributed by atoms with E-state index in [1.165, 1.54) is 13.2 Å². The average molecular weight is 500 g/mol. The van der Waals surface area contributed by atoms with Gasteiger partial charge >= 0.3 is 11.9 Å². The third-order valence-corrected chi connectivity index (χ3v) is 7.77. The molecule has 1 saturated heterocycles. The Morgan fingerprint density at radius 3 is 2.34 bits per heavy atom. The third-order valence-electron chi connectivity index (χ3n) is 7.55. The molecule has 2 aromatic carbocycles. The van der Waals surface area contributed by atoms with Gasteiger partial charge in [0.2, 0.25) is 0 Å². The Hall–Kier alpha value is -2.90. The Kier molecular flexibility index (Phi) is 7.47. The van der Waals surface area contributed by atoms with Crippen LogP contribution in [0, 0.1) is 6.92 Å². The van der Waals surface area contributed by atoms with Crippen LogP contribution in [0.25, 0.3) is 0 Å². The lowest BCUT2D eigenvalue weighted by Crippen LogP contribution is -2.72. The zero-order valence-corrected chi connectivity index (χ0v) is 21.0. The smallest absolute Gasteiger partial charge is 0.362 e. The molecule has 8 heteroatoms. The van der Waals surface area contributed by atoms with E-state index >= 15 is 0 Å². The van der Waals surface area contributed by atoms with E-state index in [1.54, 1.807) is 13.0 Å². The molecule has 2 aromatic rings. The summed E-state index contributed by atoms with van der Waals surface area (Å²) >= 11 is 6.17. The number of anilines is 1. The minimum Gasteiger partial charge on any atom is -0.465 e. The minimum atomic E-state index is -0.734. The number of methoxy groups -OCH3 is 1. The lowest BCUT2D eigenvalue weighted by molar-refractivity contribution is -0.955. The number of hydrogen-bond acceptors (Lipinski definition) is 5. The standard InChI is InChI=1S/C27H31ClN2O5/c1-19-15-21(28)16-22(25(32)34-2)24(19)29-26(33)27(11-8-12-27)30(13-6-7-14-30)17-23(31)35-18-20-9-4-3-5-10-20/h3-5,9-10,15-16H,6-8,11-14,17-18H2,1-2H3/p+1. The number of carbonyl (C=O) groups excluding carboxylic acids is 3. The largest absolute Gasteiger partial charge is 0.465 e. The van der Waals surface area contributed by atoms with Gasteiger partial charge in [-0.2, -0.15) is 0 Å². The van der Waals surface area contributed by atoms with Gasteiger partial charge in [-0.15, -0.1) is 0 Å². The predicted octanol–water partition coefficient (Wildman–Crippen LogP) is 4.65. The molecule has 4 rings (SSSR count). The zero-order chi connectivity index (χ0) is 25.1. The molecule has 1 aliphatic carbocycles. The van der Waals surface area contributed by atoms with Crippen molar-refractivity contribution in [1.29, 1.82) is 0 Å². The normalized spacial score (nSPS) is 17.8. The van der Waals surface area contributed by atoms with E-state index in [1.807, 2.05) is 30.3 Å². The number of quaternary nitrogens is 1. The van der Waals surface area contributed by atoms with Crippen LogP contribution in [0.3, 0.4) is 0 Å². The minimum absolute atomic E-state index is 0.156. The number of aryl methyl sites for hydroxylation is 1. The number of hydrogen-bond donors (Lipinski definition) is 1. The number of benzene rings is 2. The van der Waals surface area contributed by atoms with Gasteiger partial charge < -0.3 is 19.3 Å². The molecule has 1 amide bonds. The lowest BCUT2D eigenvalue weighted by Gasteiger charge is -2.54. The number of nitrogens with zero attached hydrogens (tertiary/aromatic N) is 1. The SMILES string of the molecule is COC(=O)c1cc(Cl)cc(C)c1NC(=O)C1([N+]2(CC(=O)OCc3ccccc3)CCCC2)CCC1. The van der Waals surface area contributed by atoms with Gasteiger partial charge in [-0.1, -0.05) is 41.9 Å². The number of likely N-dealkylation sites (tertiary alicyclic amines) is 1. The highest BCUT2D eigenvalue weighted by Gasteiger charge is 2.62. The highest BCUT2D eigenvalue weighted by molar-refractivity contribution is 6.31. The number of amides is 1. The van der Waals surface area contributed by atoms with E-state index in [0.717, 1.165) is 37.9 Å². The maximum atomic E-state index is 13.9. The average Bonchev–Trinajstić information content (AvgIpc) is 3.27. The first-order chi connectivity index (χ1) is 16.8. The Balaban J connectivity index is 1.57. The molecule has 35 heavy (non-hydrogen) atoms. The van der Waals surface area contributed by atoms with Crippen molar-refractivity contribution in [2.45, 2.75) is 51.2 Å². The van der Waals surface area contributed by atoms with Gasteiger partial charge in [-0.25, -0.2) is 9.59 Å². The van der Waals surface area contributed by atoms with Crippen molar-refractivity contribution in [3.05, 3.63) is 64.2 Å². The lowest BCUT2D eigenvalue weighted by atomic mass is 9.72. The number of rotatable bonds is 8. The summed E-state index contributed by atoms with van der Waals surface area (Å²) in [6.07, 6.45) is 4.19. The molecule has 0 aromatic heterocycles. The molecule has 0 bridgehead atoms. The van der Waals surface area contributed by atoms with Gasteiger partial charge in [0.1, 0.15) is 6.61 Å². The van der Waals surface area contributed by atoms with E-state index in [2.05, 4.69) is 5.32 Å². The van der Waals surface area contributed by atoms with Crippen LogP contribution in [-0.2, 0) is 25.7 Å². The Labute approximate surface area is 210 Å². The molecule has 0 atom stereocenters. The van der Waals surface area contributed by atoms with E-state index in [4.69, 9.17) is 21.1 Å². The number of halogens is 1. The maximum Gasteiger partial charge on any atom is 0.362 e. The molecule has 1 saturated carbocycles. The van der Waals surface area contributed by atoms with Crippen molar-refractivity contribution in [3.63, 3.8) is 0 Å². The van der Waals surface area contributed by atoms with Gasteiger partial charge in [0.05, 0.1) is 31.5 Å². The molecular weight excluding hydrogens is 468 g/mol. The molecular formula is C27H32ClN2O5+. The second-order valence-corrected chi connectivity index (χ2v) is 10.0. The molecule has 1 heterocycles. The van der Waals surface area contributed by atoms with E-state index in [9.17, 15) is 14.4 Å². The fourth-order valence-electron chi connectivity index (χ4n) is 5.55. The highest BCUT2D eigenvalue weighted by Crippen LogP contribution is 2.47. The quantitative estimate of drug-likeness (QED) is 0.422. The van der Waals surface area contributed by atoms with Crippen molar-refractivity contribution in [2.24, 2.45) is 0 Å². The first kappa shape index (κ1) is 25.2. The summed E-state index contributed by atoms with van der Waals surface area (Å²) in [7, 11) is 1.29. The van der Waals surface area contributed by atoms with Crippen molar-refractivity contribution < 1.29 is 28.3 Å². The molecule has 7 nitrogen and oxygen atoms in total. The van der Waals surface area contributed by atoms with Crippen LogP contribution in [-0.4, -0.2) is 54.6 Å². The Morgan fingerprint density at radius 2 is 1.74 bits per heavy atom. The van der Waals surface area contributed by atoms with Crippen molar-refractivity contribution in [1.82, 2.24) is 0 Å². The molecule has 1 aliphatic heterocycles. The van der Waals surface area contributed by atoms with Gasteiger partial charge in [-0.3, -0.25) is 4.79 Å². The van der Waals surface area contributed by atoms with E-state index in [0.29, 0.717) is 33.6 Å². The molecule has 2 aliphatic rings. The summed E-state index contributed by atoms with van der Waals surface area (Å²) in [5.74, 6) is -1.03. The van der Waals surface area contributed by atoms with Crippen LogP contribution >= 0.6 is 11.6 Å². The second kappa shape index (κ2) is 10.4. The van der Waals surface area contributed by atoms with Gasteiger partial charge in [0.15, 0.2) is 12.1 Å². The molecule has 0 unspecified atom stereocenters. The Morgan fingerprint density at radius 1 is 1.06 bits per heavy atom. The Bertz CT molecular complexity index is 1110. The first-order valence-corrected chi connectivity index (χ1v) is 12.4. The van der Waals surface area contributed by atoms with Gasteiger partial charge in [-0.05, 0) is 36.6 Å². The molecule has 0 spiro atoms. The first-order valence-electron chi connectivity index (χ1n) is 12.1. The zero-order valence-electron chi connectivity index (χ0n) is 20.3. The van der Waals surface area contributed by atoms with E-state index in [-0.39, 0.29) is 30.6 Å². The summed E-state index contributed by atoms with van der Waals surface area (Å²) in [5.41, 5.74) is 1.49. The highest BCUT2D eigenvalue weighted by atomic mass is 35.5. The fraction of sp³-hybridized carbons (Fsp3) is 0.444. The number of esters is 2. The van der Waals surface area contributed by atoms with Crippen LogP contribution in [0.15, 0.2) is 42.5 Å². The monoisotopic (exact) mass is 499 g/mol. The van der Waals surface area contributed by atoms with Crippen molar-refractivity contribution in [2.75, 3.05) is 32.1 Å². The number of ether oxygens (including phenoxy) is 2. The van der Waals surface area contributed by atoms with Crippen LogP contribution in [0.4, 0.5) is 5.69 Å². The van der Waals surface area contributed by atoms with Gasteiger partial charge in [0, 0.05) is 30.7 Å². The molecule has 2 fully saturated rings. The summed E-state index contributed by atoms with van der Waals surface area (Å²) in [5, 5.41) is 3.42. The van der Waals surface area contributed by atoms with Crippen molar-refractivity contribution >= 4 is 35.1 Å². The van der Waals surface area contributed by atoms with Crippen LogP contribution in [0.5, 0.6) is 0 Å². The molecule has 1 N–H and O–H groups in total. The molecule has 0 radical (unpaired) electrons. The van der Waals surface area contributed by atoms with E-state index < -0.39 is 11.5 Å². The van der Waals surface area contributed by atoms with Crippen LogP contribution < -0.4 is 5.32 Å². The predicted molar refractivity (Wildman–Crippen MR) is 133 cm³/mol. The molecule has 186 valence electrons. The topological polar surface area (TPSA) is 81.7 Å². The summed E-state index contributed by atoms with van der Waals surface area (Å²) in [6.45, 7) is 3.66. The maximum absolute atomic E-state index is 13.9. The summed E-state index contributed by atoms with van der Waals surface area (Å²) in [4.78, 5) is 39.3.